The van der Waals surface area contributed by atoms with Crippen molar-refractivity contribution in [2.45, 2.75) is 20.8 Å². The Labute approximate surface area is 147 Å². The van der Waals surface area contributed by atoms with Crippen LogP contribution in [0.3, 0.4) is 0 Å². The van der Waals surface area contributed by atoms with Crippen LogP contribution in [0.15, 0.2) is 42.5 Å². The van der Waals surface area contributed by atoms with E-state index in [9.17, 15) is 9.59 Å². The highest BCUT2D eigenvalue weighted by molar-refractivity contribution is 8.00. The number of hydrogen-bond acceptors (Lipinski definition) is 3. The molecule has 0 aliphatic heterocycles. The van der Waals surface area contributed by atoms with Gasteiger partial charge >= 0.3 is 0 Å². The summed E-state index contributed by atoms with van der Waals surface area (Å²) in [4.78, 5) is 23.8. The van der Waals surface area contributed by atoms with E-state index in [0.29, 0.717) is 0 Å². The van der Waals surface area contributed by atoms with Crippen molar-refractivity contribution >= 4 is 35.0 Å². The molecule has 0 spiro atoms. The number of rotatable bonds is 6. The molecular weight excluding hydrogens is 320 g/mol. The maximum absolute atomic E-state index is 12.0. The van der Waals surface area contributed by atoms with Gasteiger partial charge in [-0.1, -0.05) is 35.4 Å². The van der Waals surface area contributed by atoms with Gasteiger partial charge < -0.3 is 10.6 Å². The summed E-state index contributed by atoms with van der Waals surface area (Å²) in [6.07, 6.45) is 0. The van der Waals surface area contributed by atoms with E-state index in [4.69, 9.17) is 0 Å². The molecule has 126 valence electrons. The summed E-state index contributed by atoms with van der Waals surface area (Å²) < 4.78 is 0. The van der Waals surface area contributed by atoms with Gasteiger partial charge in [0.25, 0.3) is 0 Å². The summed E-state index contributed by atoms with van der Waals surface area (Å²) in [5, 5.41) is 5.69. The molecule has 0 bridgehead atoms. The molecule has 2 aromatic rings. The summed E-state index contributed by atoms with van der Waals surface area (Å²) >= 11 is 1.30. The predicted molar refractivity (Wildman–Crippen MR) is 102 cm³/mol. The fourth-order valence-electron chi connectivity index (χ4n) is 2.21. The van der Waals surface area contributed by atoms with Gasteiger partial charge in [-0.2, -0.15) is 0 Å². The van der Waals surface area contributed by atoms with Crippen molar-refractivity contribution in [2.24, 2.45) is 0 Å². The van der Waals surface area contributed by atoms with E-state index < -0.39 is 0 Å². The molecule has 0 unspecified atom stereocenters. The first kappa shape index (κ1) is 18.1. The fourth-order valence-corrected chi connectivity index (χ4v) is 2.83. The third-order valence-corrected chi connectivity index (χ3v) is 4.39. The van der Waals surface area contributed by atoms with E-state index in [1.807, 2.05) is 63.2 Å². The average molecular weight is 342 g/mol. The number of hydrogen-bond donors (Lipinski definition) is 2. The molecule has 24 heavy (non-hydrogen) atoms. The normalized spacial score (nSPS) is 10.3. The van der Waals surface area contributed by atoms with E-state index in [-0.39, 0.29) is 23.3 Å². The lowest BCUT2D eigenvalue weighted by molar-refractivity contribution is -0.114. The van der Waals surface area contributed by atoms with Crippen molar-refractivity contribution in [3.8, 4) is 0 Å². The monoisotopic (exact) mass is 342 g/mol. The summed E-state index contributed by atoms with van der Waals surface area (Å²) in [7, 11) is 0. The van der Waals surface area contributed by atoms with Crippen LogP contribution >= 0.6 is 11.8 Å². The number of thioether (sulfide) groups is 1. The number of nitrogens with one attached hydrogen (secondary N) is 2. The summed E-state index contributed by atoms with van der Waals surface area (Å²) in [5.74, 6) is 0.279. The van der Waals surface area contributed by atoms with Crippen LogP contribution < -0.4 is 10.6 Å². The van der Waals surface area contributed by atoms with Crippen LogP contribution in [-0.2, 0) is 9.59 Å². The van der Waals surface area contributed by atoms with Gasteiger partial charge in [-0.05, 0) is 44.5 Å². The number of anilines is 2. The Bertz CT molecular complexity index is 727. The molecule has 2 rings (SSSR count). The van der Waals surface area contributed by atoms with E-state index in [0.717, 1.165) is 28.1 Å². The van der Waals surface area contributed by atoms with Gasteiger partial charge in [0.1, 0.15) is 0 Å². The van der Waals surface area contributed by atoms with Crippen molar-refractivity contribution < 1.29 is 9.59 Å². The first-order valence-electron chi connectivity index (χ1n) is 7.75. The Morgan fingerprint density at radius 3 is 2.04 bits per heavy atom. The average Bonchev–Trinajstić information content (AvgIpc) is 2.52. The second kappa shape index (κ2) is 8.55. The molecule has 5 heteroatoms. The van der Waals surface area contributed by atoms with Crippen molar-refractivity contribution in [3.63, 3.8) is 0 Å². The molecule has 0 radical (unpaired) electrons. The van der Waals surface area contributed by atoms with Gasteiger partial charge in [-0.3, -0.25) is 9.59 Å². The minimum atomic E-state index is -0.108. The Morgan fingerprint density at radius 2 is 1.42 bits per heavy atom. The minimum Gasteiger partial charge on any atom is -0.325 e. The van der Waals surface area contributed by atoms with Crippen molar-refractivity contribution in [1.82, 2.24) is 0 Å². The molecule has 0 aromatic heterocycles. The van der Waals surface area contributed by atoms with Gasteiger partial charge in [0.15, 0.2) is 0 Å². The molecule has 0 aliphatic rings. The van der Waals surface area contributed by atoms with Gasteiger partial charge in [0.05, 0.1) is 11.5 Å². The van der Waals surface area contributed by atoms with Crippen molar-refractivity contribution in [2.75, 3.05) is 22.1 Å². The maximum atomic E-state index is 12.0. The first-order chi connectivity index (χ1) is 11.4. The molecule has 0 atom stereocenters. The summed E-state index contributed by atoms with van der Waals surface area (Å²) in [6.45, 7) is 5.97. The SMILES string of the molecule is Cc1ccc(NC(=O)CSCC(=O)Nc2ccc(C)cc2C)cc1. The highest BCUT2D eigenvalue weighted by atomic mass is 32.2. The smallest absolute Gasteiger partial charge is 0.234 e. The van der Waals surface area contributed by atoms with Crippen molar-refractivity contribution in [3.05, 3.63) is 59.2 Å². The van der Waals surface area contributed by atoms with Crippen molar-refractivity contribution in [1.29, 1.82) is 0 Å². The first-order valence-corrected chi connectivity index (χ1v) is 8.91. The largest absolute Gasteiger partial charge is 0.325 e. The zero-order chi connectivity index (χ0) is 17.5. The molecule has 0 saturated heterocycles. The van der Waals surface area contributed by atoms with Crippen LogP contribution in [0.1, 0.15) is 16.7 Å². The molecule has 2 N–H and O–H groups in total. The van der Waals surface area contributed by atoms with E-state index in [1.54, 1.807) is 0 Å². The van der Waals surface area contributed by atoms with Gasteiger partial charge in [0.2, 0.25) is 11.8 Å². The molecule has 2 amide bonds. The summed E-state index contributed by atoms with van der Waals surface area (Å²) in [6, 6.07) is 13.5. The van der Waals surface area contributed by atoms with Crippen LogP contribution in [0.25, 0.3) is 0 Å². The molecule has 0 aliphatic carbocycles. The lowest BCUT2D eigenvalue weighted by atomic mass is 10.1. The lowest BCUT2D eigenvalue weighted by Crippen LogP contribution is -2.18. The Hall–Kier alpha value is -2.27. The second-order valence-corrected chi connectivity index (χ2v) is 6.76. The second-order valence-electron chi connectivity index (χ2n) is 5.77. The molecule has 0 heterocycles. The summed E-state index contributed by atoms with van der Waals surface area (Å²) in [5.41, 5.74) is 4.92. The van der Waals surface area contributed by atoms with Crippen LogP contribution in [0.4, 0.5) is 11.4 Å². The predicted octanol–water partition coefficient (Wildman–Crippen LogP) is 3.92. The standard InChI is InChI=1S/C19H22N2O2S/c1-13-4-7-16(8-5-13)20-18(22)11-24-12-19(23)21-17-9-6-14(2)10-15(17)3/h4-10H,11-12H2,1-3H3,(H,20,22)(H,21,23). The molecular formula is C19H22N2O2S. The van der Waals surface area contributed by atoms with E-state index in [1.165, 1.54) is 11.8 Å². The molecule has 0 saturated carbocycles. The molecule has 0 fully saturated rings. The molecule has 4 nitrogen and oxygen atoms in total. The lowest BCUT2D eigenvalue weighted by Gasteiger charge is -2.09. The van der Waals surface area contributed by atoms with Gasteiger partial charge in [-0.25, -0.2) is 0 Å². The topological polar surface area (TPSA) is 58.2 Å². The van der Waals surface area contributed by atoms with E-state index in [2.05, 4.69) is 10.6 Å². The van der Waals surface area contributed by atoms with E-state index >= 15 is 0 Å². The Kier molecular flexibility index (Phi) is 6.44. The minimum absolute atomic E-state index is 0.102. The number of benzene rings is 2. The third-order valence-electron chi connectivity index (χ3n) is 3.46. The van der Waals surface area contributed by atoms with Crippen LogP contribution in [0, 0.1) is 20.8 Å². The highest BCUT2D eigenvalue weighted by Crippen LogP contribution is 2.16. The van der Waals surface area contributed by atoms with Crippen LogP contribution in [0.5, 0.6) is 0 Å². The van der Waals surface area contributed by atoms with Gasteiger partial charge in [0, 0.05) is 11.4 Å². The highest BCUT2D eigenvalue weighted by Gasteiger charge is 2.08. The van der Waals surface area contributed by atoms with Gasteiger partial charge in [-0.15, -0.1) is 11.8 Å². The number of amides is 2. The Balaban J connectivity index is 1.73. The molecule has 2 aromatic carbocycles. The number of aryl methyl sites for hydroxylation is 3. The quantitative estimate of drug-likeness (QED) is 0.836. The number of carbonyl (C=O) groups is 2. The zero-order valence-electron chi connectivity index (χ0n) is 14.2. The van der Waals surface area contributed by atoms with Crippen LogP contribution in [0.2, 0.25) is 0 Å². The van der Waals surface area contributed by atoms with Crippen LogP contribution in [-0.4, -0.2) is 23.3 Å². The Morgan fingerprint density at radius 1 is 0.833 bits per heavy atom. The third kappa shape index (κ3) is 5.74. The zero-order valence-corrected chi connectivity index (χ0v) is 15.0. The number of carbonyl (C=O) groups excluding carboxylic acids is 2. The fraction of sp³-hybridized carbons (Fsp3) is 0.263. The maximum Gasteiger partial charge on any atom is 0.234 e.